The molecule has 26 heavy (non-hydrogen) atoms. The van der Waals surface area contributed by atoms with Gasteiger partial charge >= 0.3 is 0 Å². The Kier molecular flexibility index (Phi) is 8.01. The monoisotopic (exact) mass is 363 g/mol. The highest BCUT2D eigenvalue weighted by molar-refractivity contribution is 5.17. The van der Waals surface area contributed by atoms with Crippen LogP contribution in [0.5, 0.6) is 0 Å². The lowest BCUT2D eigenvalue weighted by Gasteiger charge is -2.18. The number of hydrogen-bond acceptors (Lipinski definition) is 7. The van der Waals surface area contributed by atoms with Crippen LogP contribution in [0.15, 0.2) is 30.3 Å². The largest absolute Gasteiger partial charge is 0.377 e. The molecule has 142 valence electrons. The van der Waals surface area contributed by atoms with E-state index in [0.29, 0.717) is 71.1 Å². The summed E-state index contributed by atoms with van der Waals surface area (Å²) in [6.45, 7) is 4.09. The van der Waals surface area contributed by atoms with Crippen molar-refractivity contribution >= 4 is 0 Å². The molecular formula is C18H25N3O5. The van der Waals surface area contributed by atoms with Crippen LogP contribution in [0.25, 0.3) is 0 Å². The predicted octanol–water partition coefficient (Wildman–Crippen LogP) is 1.64. The van der Waals surface area contributed by atoms with Gasteiger partial charge in [0.15, 0.2) is 11.6 Å². The SMILES string of the molecule is c1ccc(C2COCCOCCOCc3n[nH]c(n3)COCCO2)cc1. The van der Waals surface area contributed by atoms with E-state index in [0.717, 1.165) is 5.56 Å². The van der Waals surface area contributed by atoms with Crippen molar-refractivity contribution in [3.05, 3.63) is 47.5 Å². The zero-order chi connectivity index (χ0) is 17.9. The molecule has 2 heterocycles. The Morgan fingerprint density at radius 2 is 1.54 bits per heavy atom. The van der Waals surface area contributed by atoms with Gasteiger partial charge in [-0.1, -0.05) is 30.3 Å². The Hall–Kier alpha value is -1.84. The molecule has 1 aromatic carbocycles. The molecule has 8 nitrogen and oxygen atoms in total. The van der Waals surface area contributed by atoms with Crippen LogP contribution in [0.1, 0.15) is 23.3 Å². The first kappa shape index (κ1) is 18.9. The molecule has 1 aliphatic heterocycles. The van der Waals surface area contributed by atoms with Gasteiger partial charge in [-0.3, -0.25) is 5.10 Å². The summed E-state index contributed by atoms with van der Waals surface area (Å²) in [5.41, 5.74) is 1.08. The highest BCUT2D eigenvalue weighted by Gasteiger charge is 2.12. The van der Waals surface area contributed by atoms with Crippen LogP contribution in [0.4, 0.5) is 0 Å². The maximum atomic E-state index is 5.95. The fraction of sp³-hybridized carbons (Fsp3) is 0.556. The molecule has 8 heteroatoms. The van der Waals surface area contributed by atoms with Crippen LogP contribution in [-0.2, 0) is 36.9 Å². The summed E-state index contributed by atoms with van der Waals surface area (Å²) in [7, 11) is 0. The van der Waals surface area contributed by atoms with Gasteiger partial charge in [0, 0.05) is 0 Å². The fourth-order valence-corrected chi connectivity index (χ4v) is 2.48. The van der Waals surface area contributed by atoms with E-state index in [4.69, 9.17) is 23.7 Å². The van der Waals surface area contributed by atoms with E-state index >= 15 is 0 Å². The molecular weight excluding hydrogens is 338 g/mol. The molecule has 0 saturated carbocycles. The van der Waals surface area contributed by atoms with E-state index < -0.39 is 0 Å². The van der Waals surface area contributed by atoms with E-state index in [1.165, 1.54) is 0 Å². The number of aromatic nitrogens is 3. The van der Waals surface area contributed by atoms with Gasteiger partial charge in [0.05, 0.1) is 46.2 Å². The van der Waals surface area contributed by atoms with Crippen molar-refractivity contribution in [3.8, 4) is 0 Å². The van der Waals surface area contributed by atoms with Crippen LogP contribution >= 0.6 is 0 Å². The minimum absolute atomic E-state index is 0.140. The number of ether oxygens (including phenoxy) is 5. The molecule has 3 rings (SSSR count). The van der Waals surface area contributed by atoms with Crippen molar-refractivity contribution in [3.63, 3.8) is 0 Å². The van der Waals surface area contributed by atoms with E-state index in [1.807, 2.05) is 30.3 Å². The molecule has 1 N–H and O–H groups in total. The first-order valence-electron chi connectivity index (χ1n) is 8.79. The summed E-state index contributed by atoms with van der Waals surface area (Å²) in [5, 5.41) is 6.94. The highest BCUT2D eigenvalue weighted by Crippen LogP contribution is 2.17. The van der Waals surface area contributed by atoms with Crippen molar-refractivity contribution in [2.24, 2.45) is 0 Å². The van der Waals surface area contributed by atoms with Gasteiger partial charge in [-0.2, -0.15) is 5.10 Å². The van der Waals surface area contributed by atoms with Crippen molar-refractivity contribution in [2.75, 3.05) is 46.2 Å². The van der Waals surface area contributed by atoms with Gasteiger partial charge in [-0.05, 0) is 5.56 Å². The highest BCUT2D eigenvalue weighted by atomic mass is 16.6. The minimum atomic E-state index is -0.140. The number of H-pyrrole nitrogens is 1. The molecule has 2 bridgehead atoms. The molecule has 1 aromatic heterocycles. The second-order valence-corrected chi connectivity index (χ2v) is 5.76. The molecule has 2 aromatic rings. The van der Waals surface area contributed by atoms with Gasteiger partial charge in [-0.15, -0.1) is 0 Å². The summed E-state index contributed by atoms with van der Waals surface area (Å²) >= 11 is 0. The van der Waals surface area contributed by atoms with Crippen LogP contribution in [-0.4, -0.2) is 61.4 Å². The first-order valence-corrected chi connectivity index (χ1v) is 8.79. The zero-order valence-corrected chi connectivity index (χ0v) is 14.8. The summed E-state index contributed by atoms with van der Waals surface area (Å²) in [4.78, 5) is 4.32. The van der Waals surface area contributed by atoms with Crippen LogP contribution in [0.3, 0.4) is 0 Å². The van der Waals surface area contributed by atoms with Crippen LogP contribution in [0.2, 0.25) is 0 Å². The van der Waals surface area contributed by atoms with E-state index in [9.17, 15) is 0 Å². The van der Waals surface area contributed by atoms with Crippen molar-refractivity contribution < 1.29 is 23.7 Å². The molecule has 1 unspecified atom stereocenters. The fourth-order valence-electron chi connectivity index (χ4n) is 2.48. The molecule has 1 aliphatic rings. The van der Waals surface area contributed by atoms with Crippen molar-refractivity contribution in [1.82, 2.24) is 15.2 Å². The normalized spacial score (nSPS) is 21.6. The molecule has 0 amide bonds. The maximum absolute atomic E-state index is 5.95. The van der Waals surface area contributed by atoms with Gasteiger partial charge < -0.3 is 23.7 Å². The average molecular weight is 363 g/mol. The summed E-state index contributed by atoms with van der Waals surface area (Å²) in [6.07, 6.45) is -0.140. The Morgan fingerprint density at radius 3 is 2.42 bits per heavy atom. The number of hydrogen-bond donors (Lipinski definition) is 1. The Balaban J connectivity index is 1.54. The third-order valence-corrected chi connectivity index (χ3v) is 3.78. The molecule has 0 aliphatic carbocycles. The number of rotatable bonds is 1. The molecule has 0 radical (unpaired) electrons. The standard InChI is InChI=1S/C18H25N3O5/c1-2-4-15(5-3-1)16-12-23-8-6-22-7-9-24-13-17-19-18(21-20-17)14-25-10-11-26-16/h1-5,16H,6-14H2,(H,19,20,21). The average Bonchev–Trinajstić information content (AvgIpc) is 3.12. The number of nitrogens with one attached hydrogen (secondary N) is 1. The number of fused-ring (bicyclic) bond motifs is 2. The van der Waals surface area contributed by atoms with E-state index in [2.05, 4.69) is 15.2 Å². The third-order valence-electron chi connectivity index (χ3n) is 3.78. The topological polar surface area (TPSA) is 87.7 Å². The van der Waals surface area contributed by atoms with Gasteiger partial charge in [0.25, 0.3) is 0 Å². The Morgan fingerprint density at radius 1 is 0.808 bits per heavy atom. The molecule has 1 atom stereocenters. The molecule has 0 spiro atoms. The first-order chi connectivity index (χ1) is 12.9. The van der Waals surface area contributed by atoms with Crippen molar-refractivity contribution in [1.29, 1.82) is 0 Å². The Labute approximate surface area is 152 Å². The Bertz CT molecular complexity index is 622. The van der Waals surface area contributed by atoms with Crippen LogP contribution < -0.4 is 0 Å². The number of aromatic amines is 1. The number of benzene rings is 1. The van der Waals surface area contributed by atoms with Gasteiger partial charge in [-0.25, -0.2) is 4.98 Å². The zero-order valence-electron chi connectivity index (χ0n) is 14.8. The quantitative estimate of drug-likeness (QED) is 0.824. The van der Waals surface area contributed by atoms with Crippen molar-refractivity contribution in [2.45, 2.75) is 19.3 Å². The predicted molar refractivity (Wildman–Crippen MR) is 92.5 cm³/mol. The lowest BCUT2D eigenvalue weighted by molar-refractivity contribution is -0.0541. The molecule has 0 saturated heterocycles. The van der Waals surface area contributed by atoms with E-state index in [-0.39, 0.29) is 6.10 Å². The maximum Gasteiger partial charge on any atom is 0.176 e. The van der Waals surface area contributed by atoms with Gasteiger partial charge in [0.2, 0.25) is 0 Å². The second-order valence-electron chi connectivity index (χ2n) is 5.76. The lowest BCUT2D eigenvalue weighted by atomic mass is 10.1. The summed E-state index contributed by atoms with van der Waals surface area (Å²) in [6, 6.07) is 10.0. The summed E-state index contributed by atoms with van der Waals surface area (Å²) in [5.74, 6) is 1.28. The second kappa shape index (κ2) is 11.0. The van der Waals surface area contributed by atoms with E-state index in [1.54, 1.807) is 0 Å². The van der Waals surface area contributed by atoms with Gasteiger partial charge in [0.1, 0.15) is 19.3 Å². The molecule has 0 fully saturated rings. The minimum Gasteiger partial charge on any atom is -0.377 e. The lowest BCUT2D eigenvalue weighted by Crippen LogP contribution is -2.17. The third kappa shape index (κ3) is 6.47. The smallest absolute Gasteiger partial charge is 0.176 e. The van der Waals surface area contributed by atoms with Crippen LogP contribution in [0, 0.1) is 0 Å². The summed E-state index contributed by atoms with van der Waals surface area (Å²) < 4.78 is 28.2. The number of nitrogens with zero attached hydrogens (tertiary/aromatic N) is 2.